The standard InChI is InChI=1S/C21H34/c1-11-7-16(8-11)20-13(3)12(2)10-21(20)14(4)19-17(9-18(19)21)15-5-6-15/h11-20H,5-10H2,1-4H3. The lowest BCUT2D eigenvalue weighted by Gasteiger charge is -2.73. The van der Waals surface area contributed by atoms with Gasteiger partial charge in [0, 0.05) is 0 Å². The summed E-state index contributed by atoms with van der Waals surface area (Å²) in [4.78, 5) is 0. The van der Waals surface area contributed by atoms with Gasteiger partial charge in [-0.15, -0.1) is 0 Å². The van der Waals surface area contributed by atoms with Crippen LogP contribution in [0.3, 0.4) is 0 Å². The fraction of sp³-hybridized carbons (Fsp3) is 1.00. The molecular weight excluding hydrogens is 252 g/mol. The van der Waals surface area contributed by atoms with Gasteiger partial charge in [0.2, 0.25) is 0 Å². The van der Waals surface area contributed by atoms with Crippen LogP contribution in [0, 0.1) is 64.6 Å². The molecule has 0 aromatic rings. The lowest BCUT2D eigenvalue weighted by atomic mass is 9.31. The van der Waals surface area contributed by atoms with Gasteiger partial charge < -0.3 is 0 Å². The van der Waals surface area contributed by atoms with Crippen molar-refractivity contribution in [2.45, 2.75) is 66.2 Å². The minimum atomic E-state index is 0.805. The first-order valence-electron chi connectivity index (χ1n) is 10.0. The van der Waals surface area contributed by atoms with Crippen LogP contribution < -0.4 is 0 Å². The first-order chi connectivity index (χ1) is 10.0. The lowest BCUT2D eigenvalue weighted by molar-refractivity contribution is -0.255. The summed E-state index contributed by atoms with van der Waals surface area (Å²) in [5.74, 6) is 11.0. The van der Waals surface area contributed by atoms with Gasteiger partial charge in [0.25, 0.3) is 0 Å². The van der Waals surface area contributed by atoms with Gasteiger partial charge in [0.15, 0.2) is 0 Å². The summed E-state index contributed by atoms with van der Waals surface area (Å²) in [6, 6.07) is 0. The summed E-state index contributed by atoms with van der Waals surface area (Å²) in [7, 11) is 0. The van der Waals surface area contributed by atoms with Gasteiger partial charge in [0.05, 0.1) is 0 Å². The van der Waals surface area contributed by atoms with E-state index in [2.05, 4.69) is 27.7 Å². The van der Waals surface area contributed by atoms with E-state index in [9.17, 15) is 0 Å². The molecule has 5 aliphatic rings. The van der Waals surface area contributed by atoms with Crippen molar-refractivity contribution in [2.75, 3.05) is 0 Å². The maximum Gasteiger partial charge on any atom is -0.0202 e. The third-order valence-corrected chi connectivity index (χ3v) is 9.51. The van der Waals surface area contributed by atoms with Gasteiger partial charge >= 0.3 is 0 Å². The van der Waals surface area contributed by atoms with Crippen LogP contribution in [0.15, 0.2) is 0 Å². The number of fused-ring (bicyclic) bond motifs is 2. The first-order valence-corrected chi connectivity index (χ1v) is 10.0. The van der Waals surface area contributed by atoms with E-state index in [1.165, 1.54) is 11.8 Å². The van der Waals surface area contributed by atoms with E-state index in [-0.39, 0.29) is 0 Å². The second kappa shape index (κ2) is 4.09. The molecule has 0 aromatic carbocycles. The van der Waals surface area contributed by atoms with E-state index in [4.69, 9.17) is 0 Å². The third kappa shape index (κ3) is 1.49. The second-order valence-corrected chi connectivity index (χ2v) is 10.2. The summed E-state index contributed by atoms with van der Waals surface area (Å²) in [6.07, 6.45) is 9.48. The molecule has 8 atom stereocenters. The van der Waals surface area contributed by atoms with E-state index < -0.39 is 0 Å². The van der Waals surface area contributed by atoms with Crippen LogP contribution >= 0.6 is 0 Å². The highest BCUT2D eigenvalue weighted by molar-refractivity contribution is 5.22. The van der Waals surface area contributed by atoms with Crippen LogP contribution in [0.2, 0.25) is 0 Å². The molecule has 5 saturated carbocycles. The highest BCUT2D eigenvalue weighted by Gasteiger charge is 2.74. The Morgan fingerprint density at radius 2 is 1.57 bits per heavy atom. The van der Waals surface area contributed by atoms with Crippen molar-refractivity contribution in [1.82, 2.24) is 0 Å². The highest BCUT2D eigenvalue weighted by atomic mass is 14.8. The normalized spacial score (nSPS) is 65.4. The molecule has 0 heteroatoms. The summed E-state index contributed by atoms with van der Waals surface area (Å²) in [5, 5.41) is 0. The zero-order chi connectivity index (χ0) is 14.5. The average Bonchev–Trinajstić information content (AvgIpc) is 3.15. The van der Waals surface area contributed by atoms with Gasteiger partial charge in [0.1, 0.15) is 0 Å². The van der Waals surface area contributed by atoms with Crippen molar-refractivity contribution in [3.05, 3.63) is 0 Å². The Kier molecular flexibility index (Phi) is 2.62. The fourth-order valence-electron chi connectivity index (χ4n) is 8.35. The molecular formula is C21H34. The smallest absolute Gasteiger partial charge is 0.0202 e. The van der Waals surface area contributed by atoms with Crippen molar-refractivity contribution < 1.29 is 0 Å². The molecule has 0 amide bonds. The first kappa shape index (κ1) is 13.4. The Labute approximate surface area is 131 Å². The second-order valence-electron chi connectivity index (χ2n) is 10.2. The lowest BCUT2D eigenvalue weighted by Crippen LogP contribution is -2.68. The maximum absolute atomic E-state index is 2.68. The molecule has 5 fully saturated rings. The van der Waals surface area contributed by atoms with E-state index in [0.717, 1.165) is 52.8 Å². The number of rotatable bonds is 2. The largest absolute Gasteiger partial charge is 0.0625 e. The summed E-state index contributed by atoms with van der Waals surface area (Å²) < 4.78 is 0. The molecule has 0 heterocycles. The summed E-state index contributed by atoms with van der Waals surface area (Å²) in [5.41, 5.74) is 0.805. The fourth-order valence-corrected chi connectivity index (χ4v) is 8.35. The molecule has 0 N–H and O–H groups in total. The number of hydrogen-bond acceptors (Lipinski definition) is 0. The van der Waals surface area contributed by atoms with Crippen LogP contribution in [-0.4, -0.2) is 0 Å². The van der Waals surface area contributed by atoms with Crippen LogP contribution in [-0.2, 0) is 0 Å². The van der Waals surface area contributed by atoms with Crippen LogP contribution in [0.4, 0.5) is 0 Å². The highest BCUT2D eigenvalue weighted by Crippen LogP contribution is 2.80. The molecule has 0 radical (unpaired) electrons. The van der Waals surface area contributed by atoms with Gasteiger partial charge in [-0.2, -0.15) is 0 Å². The molecule has 0 nitrogen and oxygen atoms in total. The van der Waals surface area contributed by atoms with Crippen LogP contribution in [0.1, 0.15) is 66.2 Å². The molecule has 0 saturated heterocycles. The average molecular weight is 287 g/mol. The summed E-state index contributed by atoms with van der Waals surface area (Å²) in [6.45, 7) is 10.3. The van der Waals surface area contributed by atoms with Crippen LogP contribution in [0.5, 0.6) is 0 Å². The number of hydrogen-bond donors (Lipinski definition) is 0. The molecule has 21 heavy (non-hydrogen) atoms. The van der Waals surface area contributed by atoms with Crippen molar-refractivity contribution in [2.24, 2.45) is 64.6 Å². The zero-order valence-corrected chi connectivity index (χ0v) is 14.5. The summed E-state index contributed by atoms with van der Waals surface area (Å²) >= 11 is 0. The molecule has 0 bridgehead atoms. The molecule has 118 valence electrons. The Balaban J connectivity index is 1.42. The molecule has 0 aliphatic heterocycles. The topological polar surface area (TPSA) is 0 Å². The predicted octanol–water partition coefficient (Wildman–Crippen LogP) is 5.62. The van der Waals surface area contributed by atoms with Gasteiger partial charge in [-0.25, -0.2) is 0 Å². The quantitative estimate of drug-likeness (QED) is 0.617. The van der Waals surface area contributed by atoms with E-state index in [1.807, 2.05) is 0 Å². The SMILES string of the molecule is CC1CC(C2C(C)C(C)CC23C(C)C2C(C4CC4)CC23)C1. The monoisotopic (exact) mass is 286 g/mol. The molecule has 5 rings (SSSR count). The van der Waals surface area contributed by atoms with Crippen molar-refractivity contribution in [3.8, 4) is 0 Å². The minimum absolute atomic E-state index is 0.805. The minimum Gasteiger partial charge on any atom is -0.0625 e. The van der Waals surface area contributed by atoms with Crippen molar-refractivity contribution in [3.63, 3.8) is 0 Å². The molecule has 1 spiro atoms. The zero-order valence-electron chi connectivity index (χ0n) is 14.5. The van der Waals surface area contributed by atoms with E-state index in [1.54, 1.807) is 38.5 Å². The third-order valence-electron chi connectivity index (χ3n) is 9.51. The molecule has 8 unspecified atom stereocenters. The Bertz CT molecular complexity index is 435. The molecule has 0 aromatic heterocycles. The van der Waals surface area contributed by atoms with Gasteiger partial charge in [-0.1, -0.05) is 27.7 Å². The van der Waals surface area contributed by atoms with Gasteiger partial charge in [-0.3, -0.25) is 0 Å². The van der Waals surface area contributed by atoms with Crippen LogP contribution in [0.25, 0.3) is 0 Å². The van der Waals surface area contributed by atoms with Crippen molar-refractivity contribution in [1.29, 1.82) is 0 Å². The Morgan fingerprint density at radius 1 is 0.857 bits per heavy atom. The maximum atomic E-state index is 2.68. The van der Waals surface area contributed by atoms with E-state index in [0.29, 0.717) is 0 Å². The van der Waals surface area contributed by atoms with Crippen molar-refractivity contribution >= 4 is 0 Å². The Hall–Kier alpha value is 0. The van der Waals surface area contributed by atoms with E-state index >= 15 is 0 Å². The Morgan fingerprint density at radius 3 is 2.14 bits per heavy atom. The molecule has 5 aliphatic carbocycles. The van der Waals surface area contributed by atoms with Gasteiger partial charge in [-0.05, 0) is 103 Å². The predicted molar refractivity (Wildman–Crippen MR) is 87.7 cm³/mol.